The lowest BCUT2D eigenvalue weighted by Gasteiger charge is -2.18. The lowest BCUT2D eigenvalue weighted by Crippen LogP contribution is -2.34. The minimum atomic E-state index is -0.560. The molecule has 0 saturated carbocycles. The summed E-state index contributed by atoms with van der Waals surface area (Å²) in [6.07, 6.45) is 3.06. The van der Waals surface area contributed by atoms with E-state index in [0.29, 0.717) is 35.2 Å². The van der Waals surface area contributed by atoms with Gasteiger partial charge in [0, 0.05) is 36.7 Å². The number of carbonyl (C=O) groups is 3. The van der Waals surface area contributed by atoms with Gasteiger partial charge in [0.2, 0.25) is 5.91 Å². The van der Waals surface area contributed by atoms with E-state index in [2.05, 4.69) is 5.32 Å². The molecule has 0 saturated heterocycles. The van der Waals surface area contributed by atoms with Crippen molar-refractivity contribution in [2.45, 2.75) is 20.8 Å². The van der Waals surface area contributed by atoms with E-state index in [0.717, 1.165) is 16.0 Å². The number of likely N-dealkylation sites (N-methyl/N-ethyl adjacent to an activating group) is 1. The number of benzene rings is 2. The molecule has 0 aliphatic rings. The SMILES string of the molecule is CCN(CC)C(=O)COc1ccc(-c2c(C)sc(NC(=O)/C=C/c3ccc(OCOC)cc3)c2C(=O)OC)cc1. The Morgan fingerprint density at radius 1 is 0.925 bits per heavy atom. The van der Waals surface area contributed by atoms with Crippen LogP contribution in [0.1, 0.15) is 34.6 Å². The summed E-state index contributed by atoms with van der Waals surface area (Å²) in [5.41, 5.74) is 2.49. The van der Waals surface area contributed by atoms with Gasteiger partial charge in [-0.3, -0.25) is 9.59 Å². The van der Waals surface area contributed by atoms with Gasteiger partial charge in [-0.2, -0.15) is 0 Å². The Bertz CT molecular complexity index is 1330. The summed E-state index contributed by atoms with van der Waals surface area (Å²) in [4.78, 5) is 40.3. The minimum Gasteiger partial charge on any atom is -0.484 e. The summed E-state index contributed by atoms with van der Waals surface area (Å²) in [5, 5.41) is 3.21. The van der Waals surface area contributed by atoms with Gasteiger partial charge in [0.1, 0.15) is 22.1 Å². The van der Waals surface area contributed by atoms with Crippen molar-refractivity contribution in [3.05, 3.63) is 70.6 Å². The maximum atomic E-state index is 12.8. The number of hydrogen-bond acceptors (Lipinski definition) is 8. The van der Waals surface area contributed by atoms with Gasteiger partial charge in [0.25, 0.3) is 5.91 Å². The molecule has 1 heterocycles. The summed E-state index contributed by atoms with van der Waals surface area (Å²) >= 11 is 1.29. The summed E-state index contributed by atoms with van der Waals surface area (Å²) in [6.45, 7) is 7.06. The van der Waals surface area contributed by atoms with Crippen molar-refractivity contribution in [3.8, 4) is 22.6 Å². The number of hydrogen-bond donors (Lipinski definition) is 1. The normalized spacial score (nSPS) is 10.8. The highest BCUT2D eigenvalue weighted by atomic mass is 32.1. The molecule has 9 nitrogen and oxygen atoms in total. The molecule has 0 spiro atoms. The Labute approximate surface area is 238 Å². The number of nitrogens with one attached hydrogen (secondary N) is 1. The summed E-state index contributed by atoms with van der Waals surface area (Å²) in [6, 6.07) is 14.3. The topological polar surface area (TPSA) is 103 Å². The van der Waals surface area contributed by atoms with Gasteiger partial charge in [-0.05, 0) is 62.2 Å². The molecule has 40 heavy (non-hydrogen) atoms. The molecule has 0 aliphatic heterocycles. The number of aryl methyl sites for hydroxylation is 1. The first-order valence-electron chi connectivity index (χ1n) is 12.7. The van der Waals surface area contributed by atoms with Gasteiger partial charge in [-0.15, -0.1) is 11.3 Å². The standard InChI is InChI=1S/C30H34N2O7S/c1-6-32(7-2)26(34)18-38-23-15-11-22(12-16-23)27-20(3)40-29(28(27)30(35)37-5)31-25(33)17-10-21-8-13-24(14-9-21)39-19-36-4/h8-17H,6-7,18-19H2,1-5H3,(H,31,33)/b17-10+. The van der Waals surface area contributed by atoms with E-state index < -0.39 is 5.97 Å². The predicted molar refractivity (Wildman–Crippen MR) is 156 cm³/mol. The molecule has 0 radical (unpaired) electrons. The van der Waals surface area contributed by atoms with Crippen molar-refractivity contribution in [3.63, 3.8) is 0 Å². The highest BCUT2D eigenvalue weighted by Crippen LogP contribution is 2.40. The Kier molecular flexibility index (Phi) is 11.3. The van der Waals surface area contributed by atoms with Crippen LogP contribution in [0.25, 0.3) is 17.2 Å². The van der Waals surface area contributed by atoms with Crippen LogP contribution in [-0.4, -0.2) is 63.4 Å². The zero-order valence-electron chi connectivity index (χ0n) is 23.3. The van der Waals surface area contributed by atoms with Crippen LogP contribution in [0.4, 0.5) is 5.00 Å². The highest BCUT2D eigenvalue weighted by molar-refractivity contribution is 7.17. The lowest BCUT2D eigenvalue weighted by atomic mass is 10.0. The number of amides is 2. The molecule has 0 bridgehead atoms. The molecule has 0 fully saturated rings. The fourth-order valence-corrected chi connectivity index (χ4v) is 5.00. The second-order valence-electron chi connectivity index (χ2n) is 8.55. The first-order valence-corrected chi connectivity index (χ1v) is 13.6. The quantitative estimate of drug-likeness (QED) is 0.168. The van der Waals surface area contributed by atoms with Crippen LogP contribution in [0.5, 0.6) is 11.5 Å². The Morgan fingerprint density at radius 3 is 2.15 bits per heavy atom. The summed E-state index contributed by atoms with van der Waals surface area (Å²) in [5.74, 6) is 0.155. The van der Waals surface area contributed by atoms with E-state index in [4.69, 9.17) is 18.9 Å². The number of methoxy groups -OCH3 is 2. The van der Waals surface area contributed by atoms with Gasteiger partial charge in [-0.1, -0.05) is 24.3 Å². The van der Waals surface area contributed by atoms with Crippen LogP contribution in [0, 0.1) is 6.92 Å². The van der Waals surface area contributed by atoms with Gasteiger partial charge in [-0.25, -0.2) is 4.79 Å². The molecule has 2 aromatic carbocycles. The maximum absolute atomic E-state index is 12.8. The minimum absolute atomic E-state index is 0.0542. The zero-order valence-corrected chi connectivity index (χ0v) is 24.1. The molecule has 212 valence electrons. The average molecular weight is 567 g/mol. The number of thiophene rings is 1. The molecule has 0 unspecified atom stereocenters. The van der Waals surface area contributed by atoms with Crippen molar-refractivity contribution in [1.82, 2.24) is 4.90 Å². The van der Waals surface area contributed by atoms with Crippen LogP contribution < -0.4 is 14.8 Å². The molecular weight excluding hydrogens is 532 g/mol. The predicted octanol–water partition coefficient (Wildman–Crippen LogP) is 5.39. The molecule has 3 aromatic rings. The Morgan fingerprint density at radius 2 is 1.55 bits per heavy atom. The third-order valence-electron chi connectivity index (χ3n) is 5.98. The fraction of sp³-hybridized carbons (Fsp3) is 0.300. The molecular formula is C30H34N2O7S. The van der Waals surface area contributed by atoms with E-state index in [1.165, 1.54) is 24.5 Å². The van der Waals surface area contributed by atoms with Gasteiger partial charge in [0.05, 0.1) is 7.11 Å². The van der Waals surface area contributed by atoms with Crippen LogP contribution in [-0.2, 0) is 19.1 Å². The van der Waals surface area contributed by atoms with Crippen LogP contribution in [0.2, 0.25) is 0 Å². The van der Waals surface area contributed by atoms with Crippen LogP contribution >= 0.6 is 11.3 Å². The van der Waals surface area contributed by atoms with E-state index in [1.54, 1.807) is 42.4 Å². The van der Waals surface area contributed by atoms with Crippen LogP contribution in [0.15, 0.2) is 54.6 Å². The number of esters is 1. The zero-order chi connectivity index (χ0) is 29.1. The molecule has 0 aliphatic carbocycles. The Balaban J connectivity index is 1.76. The van der Waals surface area contributed by atoms with Crippen molar-refractivity contribution < 1.29 is 33.3 Å². The van der Waals surface area contributed by atoms with Crippen molar-refractivity contribution in [2.75, 3.05) is 46.0 Å². The summed E-state index contributed by atoms with van der Waals surface area (Å²) in [7, 11) is 2.85. The average Bonchev–Trinajstić information content (AvgIpc) is 3.29. The van der Waals surface area contributed by atoms with E-state index in [1.807, 2.05) is 45.0 Å². The monoisotopic (exact) mass is 566 g/mol. The number of carbonyl (C=O) groups excluding carboxylic acids is 3. The van der Waals surface area contributed by atoms with Gasteiger partial charge in [0.15, 0.2) is 13.4 Å². The number of nitrogens with zero attached hydrogens (tertiary/aromatic N) is 1. The maximum Gasteiger partial charge on any atom is 0.341 e. The second kappa shape index (κ2) is 14.9. The molecule has 10 heteroatoms. The van der Waals surface area contributed by atoms with Gasteiger partial charge >= 0.3 is 5.97 Å². The number of anilines is 1. The van der Waals surface area contributed by atoms with Crippen molar-refractivity contribution in [2.24, 2.45) is 0 Å². The molecule has 2 amide bonds. The highest BCUT2D eigenvalue weighted by Gasteiger charge is 2.25. The Hall–Kier alpha value is -4.15. The molecule has 1 N–H and O–H groups in total. The molecule has 0 atom stereocenters. The van der Waals surface area contributed by atoms with Crippen molar-refractivity contribution in [1.29, 1.82) is 0 Å². The van der Waals surface area contributed by atoms with E-state index >= 15 is 0 Å². The first kappa shape index (κ1) is 30.4. The lowest BCUT2D eigenvalue weighted by molar-refractivity contribution is -0.133. The van der Waals surface area contributed by atoms with E-state index in [-0.39, 0.29) is 30.8 Å². The molecule has 3 rings (SSSR count). The third kappa shape index (κ3) is 7.93. The fourth-order valence-electron chi connectivity index (χ4n) is 3.94. The van der Waals surface area contributed by atoms with Crippen LogP contribution in [0.3, 0.4) is 0 Å². The van der Waals surface area contributed by atoms with Crippen molar-refractivity contribution >= 4 is 40.2 Å². The largest absolute Gasteiger partial charge is 0.484 e. The molecule has 1 aromatic heterocycles. The van der Waals surface area contributed by atoms with E-state index in [9.17, 15) is 14.4 Å². The van der Waals surface area contributed by atoms with Gasteiger partial charge < -0.3 is 29.2 Å². The summed E-state index contributed by atoms with van der Waals surface area (Å²) < 4.78 is 21.0. The third-order valence-corrected chi connectivity index (χ3v) is 7.00. The first-order chi connectivity index (χ1) is 19.3. The number of rotatable bonds is 13. The number of ether oxygens (including phenoxy) is 4. The smallest absolute Gasteiger partial charge is 0.341 e. The second-order valence-corrected chi connectivity index (χ2v) is 9.78.